The van der Waals surface area contributed by atoms with E-state index >= 15 is 0 Å². The molecule has 0 unspecified atom stereocenters. The van der Waals surface area contributed by atoms with Crippen molar-refractivity contribution in [1.82, 2.24) is 0 Å². The summed E-state index contributed by atoms with van der Waals surface area (Å²) in [5.74, 6) is 1.17. The van der Waals surface area contributed by atoms with Gasteiger partial charge in [0.1, 0.15) is 0 Å². The van der Waals surface area contributed by atoms with Crippen molar-refractivity contribution in [3.63, 3.8) is 0 Å². The summed E-state index contributed by atoms with van der Waals surface area (Å²) in [6.07, 6.45) is 0. The lowest BCUT2D eigenvalue weighted by Crippen LogP contribution is -2.15. The van der Waals surface area contributed by atoms with Crippen molar-refractivity contribution in [3.05, 3.63) is 29.3 Å². The Morgan fingerprint density at radius 2 is 1.27 bits per heavy atom. The lowest BCUT2D eigenvalue weighted by Gasteiger charge is -2.25. The summed E-state index contributed by atoms with van der Waals surface area (Å²) in [6.45, 7) is 9.03. The summed E-state index contributed by atoms with van der Waals surface area (Å²) in [5.41, 5.74) is 4.31. The third-order valence-electron chi connectivity index (χ3n) is 2.79. The van der Waals surface area contributed by atoms with Crippen LogP contribution in [0, 0.1) is 0 Å². The Morgan fingerprint density at radius 3 is 1.53 bits per heavy atom. The maximum Gasteiger partial charge on any atom is 0.0431 e. The SMILES string of the molecule is CC(C)c1cccc(C(C)C)c1N(C)C. The van der Waals surface area contributed by atoms with Crippen molar-refractivity contribution in [2.75, 3.05) is 19.0 Å². The van der Waals surface area contributed by atoms with Crippen molar-refractivity contribution >= 4 is 5.69 Å². The molecule has 1 aromatic rings. The van der Waals surface area contributed by atoms with E-state index in [1.807, 2.05) is 0 Å². The Kier molecular flexibility index (Phi) is 3.78. The van der Waals surface area contributed by atoms with Gasteiger partial charge < -0.3 is 4.90 Å². The average molecular weight is 205 g/mol. The quantitative estimate of drug-likeness (QED) is 0.721. The van der Waals surface area contributed by atoms with E-state index in [4.69, 9.17) is 0 Å². The summed E-state index contributed by atoms with van der Waals surface area (Å²) in [6, 6.07) is 6.66. The molecular formula is C14H23N. The topological polar surface area (TPSA) is 3.24 Å². The van der Waals surface area contributed by atoms with Crippen molar-refractivity contribution in [2.24, 2.45) is 0 Å². The molecule has 0 amide bonds. The predicted molar refractivity (Wildman–Crippen MR) is 68.9 cm³/mol. The lowest BCUT2D eigenvalue weighted by atomic mass is 9.92. The Labute approximate surface area is 94.1 Å². The van der Waals surface area contributed by atoms with Gasteiger partial charge in [-0.3, -0.25) is 0 Å². The molecular weight excluding hydrogens is 182 g/mol. The van der Waals surface area contributed by atoms with E-state index in [9.17, 15) is 0 Å². The van der Waals surface area contributed by atoms with Crippen molar-refractivity contribution < 1.29 is 0 Å². The molecule has 0 radical (unpaired) electrons. The summed E-state index contributed by atoms with van der Waals surface area (Å²) < 4.78 is 0. The van der Waals surface area contributed by atoms with Crippen LogP contribution in [-0.4, -0.2) is 14.1 Å². The van der Waals surface area contributed by atoms with Crippen LogP contribution in [0.2, 0.25) is 0 Å². The molecule has 0 aliphatic rings. The van der Waals surface area contributed by atoms with Gasteiger partial charge in [0.15, 0.2) is 0 Å². The molecule has 84 valence electrons. The minimum Gasteiger partial charge on any atom is -0.377 e. The number of hydrogen-bond acceptors (Lipinski definition) is 1. The number of nitrogens with zero attached hydrogens (tertiary/aromatic N) is 1. The molecule has 0 spiro atoms. The third kappa shape index (κ3) is 2.53. The van der Waals surface area contributed by atoms with Gasteiger partial charge in [-0.15, -0.1) is 0 Å². The zero-order chi connectivity index (χ0) is 11.6. The second kappa shape index (κ2) is 4.69. The maximum absolute atomic E-state index is 2.26. The number of anilines is 1. The van der Waals surface area contributed by atoms with E-state index in [1.165, 1.54) is 16.8 Å². The van der Waals surface area contributed by atoms with Crippen LogP contribution in [0.1, 0.15) is 50.7 Å². The third-order valence-corrected chi connectivity index (χ3v) is 2.79. The Balaban J connectivity index is 3.35. The van der Waals surface area contributed by atoms with E-state index in [2.05, 4.69) is 64.9 Å². The molecule has 0 saturated heterocycles. The number of hydrogen-bond donors (Lipinski definition) is 0. The molecule has 0 heterocycles. The highest BCUT2D eigenvalue weighted by molar-refractivity contribution is 5.61. The maximum atomic E-state index is 2.26. The predicted octanol–water partition coefficient (Wildman–Crippen LogP) is 4.00. The van der Waals surface area contributed by atoms with Gasteiger partial charge in [0, 0.05) is 19.8 Å². The summed E-state index contributed by atoms with van der Waals surface area (Å²) >= 11 is 0. The lowest BCUT2D eigenvalue weighted by molar-refractivity contribution is 0.822. The van der Waals surface area contributed by atoms with Gasteiger partial charge in [-0.1, -0.05) is 45.9 Å². The number of benzene rings is 1. The van der Waals surface area contributed by atoms with Crippen LogP contribution in [0.4, 0.5) is 5.69 Å². The van der Waals surface area contributed by atoms with Gasteiger partial charge in [-0.25, -0.2) is 0 Å². The van der Waals surface area contributed by atoms with Crippen LogP contribution < -0.4 is 4.90 Å². The normalized spacial score (nSPS) is 11.2. The molecule has 1 nitrogen and oxygen atoms in total. The van der Waals surface area contributed by atoms with Gasteiger partial charge in [0.2, 0.25) is 0 Å². The molecule has 0 fully saturated rings. The molecule has 15 heavy (non-hydrogen) atoms. The molecule has 0 bridgehead atoms. The molecule has 0 atom stereocenters. The Morgan fingerprint density at radius 1 is 0.867 bits per heavy atom. The first kappa shape index (κ1) is 12.1. The van der Waals surface area contributed by atoms with Gasteiger partial charge in [-0.2, -0.15) is 0 Å². The van der Waals surface area contributed by atoms with Gasteiger partial charge in [0.25, 0.3) is 0 Å². The summed E-state index contributed by atoms with van der Waals surface area (Å²) in [5, 5.41) is 0. The molecule has 0 N–H and O–H groups in total. The zero-order valence-corrected chi connectivity index (χ0v) is 10.8. The van der Waals surface area contributed by atoms with Crippen LogP contribution >= 0.6 is 0 Å². The van der Waals surface area contributed by atoms with E-state index in [-0.39, 0.29) is 0 Å². The second-order valence-corrected chi connectivity index (χ2v) is 4.99. The Bertz CT molecular complexity index is 298. The average Bonchev–Trinajstić information content (AvgIpc) is 2.16. The van der Waals surface area contributed by atoms with Gasteiger partial charge >= 0.3 is 0 Å². The fourth-order valence-electron chi connectivity index (χ4n) is 2.03. The van der Waals surface area contributed by atoms with Crippen LogP contribution in [0.25, 0.3) is 0 Å². The molecule has 0 saturated carbocycles. The van der Waals surface area contributed by atoms with Crippen molar-refractivity contribution in [3.8, 4) is 0 Å². The van der Waals surface area contributed by atoms with Crippen LogP contribution in [0.3, 0.4) is 0 Å². The van der Waals surface area contributed by atoms with Crippen molar-refractivity contribution in [2.45, 2.75) is 39.5 Å². The van der Waals surface area contributed by atoms with Gasteiger partial charge in [-0.05, 0) is 23.0 Å². The highest BCUT2D eigenvalue weighted by Gasteiger charge is 2.14. The second-order valence-electron chi connectivity index (χ2n) is 4.99. The summed E-state index contributed by atoms with van der Waals surface area (Å²) in [7, 11) is 4.26. The highest BCUT2D eigenvalue weighted by atomic mass is 15.1. The van der Waals surface area contributed by atoms with Crippen LogP contribution in [-0.2, 0) is 0 Å². The molecule has 0 aromatic heterocycles. The first-order valence-corrected chi connectivity index (χ1v) is 5.75. The number of para-hydroxylation sites is 1. The van der Waals surface area contributed by atoms with Gasteiger partial charge in [0.05, 0.1) is 0 Å². The van der Waals surface area contributed by atoms with Crippen molar-refractivity contribution in [1.29, 1.82) is 0 Å². The first-order chi connectivity index (χ1) is 6.95. The largest absolute Gasteiger partial charge is 0.377 e. The fourth-order valence-corrected chi connectivity index (χ4v) is 2.03. The molecule has 1 aromatic carbocycles. The summed E-state index contributed by atoms with van der Waals surface area (Å²) in [4.78, 5) is 2.24. The molecule has 0 aliphatic carbocycles. The van der Waals surface area contributed by atoms with E-state index in [0.717, 1.165) is 0 Å². The monoisotopic (exact) mass is 205 g/mol. The zero-order valence-electron chi connectivity index (χ0n) is 10.8. The minimum atomic E-state index is 0.584. The standard InChI is InChI=1S/C14H23N/c1-10(2)12-8-7-9-13(11(3)4)14(12)15(5)6/h7-11H,1-6H3. The smallest absolute Gasteiger partial charge is 0.0431 e. The molecule has 0 aliphatic heterocycles. The molecule has 1 rings (SSSR count). The van der Waals surface area contributed by atoms with Crippen LogP contribution in [0.5, 0.6) is 0 Å². The van der Waals surface area contributed by atoms with Crippen LogP contribution in [0.15, 0.2) is 18.2 Å². The van der Waals surface area contributed by atoms with E-state index in [0.29, 0.717) is 11.8 Å². The van der Waals surface area contributed by atoms with E-state index < -0.39 is 0 Å². The minimum absolute atomic E-state index is 0.584. The Hall–Kier alpha value is -0.980. The fraction of sp³-hybridized carbons (Fsp3) is 0.571. The number of rotatable bonds is 3. The first-order valence-electron chi connectivity index (χ1n) is 5.75. The van der Waals surface area contributed by atoms with E-state index in [1.54, 1.807) is 0 Å². The molecule has 1 heteroatoms. The highest BCUT2D eigenvalue weighted by Crippen LogP contribution is 2.33.